The number of rotatable bonds is 6. The van der Waals surface area contributed by atoms with Crippen molar-refractivity contribution in [3.8, 4) is 11.3 Å². The molecular weight excluding hydrogens is 432 g/mol. The number of aliphatic hydroxyl groups excluding tert-OH is 1. The molecule has 1 aromatic heterocycles. The second-order valence-corrected chi connectivity index (χ2v) is 11.7. The smallest absolute Gasteiger partial charge is 0.239 e. The van der Waals surface area contributed by atoms with Gasteiger partial charge in [-0.25, -0.2) is 4.98 Å². The van der Waals surface area contributed by atoms with Gasteiger partial charge in [-0.1, -0.05) is 39.8 Å². The number of fused-ring (bicyclic) bond motifs is 1. The molecule has 4 rings (SSSR count). The zero-order valence-corrected chi connectivity index (χ0v) is 21.4. The van der Waals surface area contributed by atoms with Crippen molar-refractivity contribution in [2.24, 2.45) is 0 Å². The van der Waals surface area contributed by atoms with Crippen molar-refractivity contribution < 1.29 is 9.90 Å². The number of anilines is 1. The van der Waals surface area contributed by atoms with Gasteiger partial charge >= 0.3 is 0 Å². The van der Waals surface area contributed by atoms with E-state index in [9.17, 15) is 9.90 Å². The Morgan fingerprint density at radius 3 is 2.48 bits per heavy atom. The lowest BCUT2D eigenvalue weighted by atomic mass is 9.63. The number of carbonyl (C=O) groups excluding carboxylic acids is 1. The minimum Gasteiger partial charge on any atom is -0.394 e. The molecule has 1 aliphatic carbocycles. The lowest BCUT2D eigenvalue weighted by Crippen LogP contribution is -2.51. The van der Waals surface area contributed by atoms with Crippen LogP contribution < -0.4 is 15.5 Å². The predicted molar refractivity (Wildman–Crippen MR) is 136 cm³/mol. The Labute approximate surface area is 201 Å². The third kappa shape index (κ3) is 4.96. The first-order valence-corrected chi connectivity index (χ1v) is 13.0. The molecular formula is C26H38N4O2S. The third-order valence-corrected chi connectivity index (χ3v) is 8.50. The zero-order valence-electron chi connectivity index (χ0n) is 20.6. The molecule has 1 unspecified atom stereocenters. The quantitative estimate of drug-likeness (QED) is 0.598. The number of likely N-dealkylation sites (N-methyl/N-ethyl adjacent to an activating group) is 1. The van der Waals surface area contributed by atoms with Crippen molar-refractivity contribution in [3.05, 3.63) is 34.7 Å². The summed E-state index contributed by atoms with van der Waals surface area (Å²) in [5.74, 6) is -0.131. The number of hydrogen-bond acceptors (Lipinski definition) is 6. The van der Waals surface area contributed by atoms with Crippen LogP contribution in [0.25, 0.3) is 11.3 Å². The molecule has 180 valence electrons. The summed E-state index contributed by atoms with van der Waals surface area (Å²) in [6, 6.07) is 6.53. The third-order valence-electron chi connectivity index (χ3n) is 7.60. The minimum absolute atomic E-state index is 0.131. The molecule has 1 aromatic carbocycles. The van der Waals surface area contributed by atoms with Gasteiger partial charge in [0.2, 0.25) is 5.91 Å². The van der Waals surface area contributed by atoms with E-state index in [1.165, 1.54) is 29.5 Å². The van der Waals surface area contributed by atoms with E-state index < -0.39 is 6.04 Å². The summed E-state index contributed by atoms with van der Waals surface area (Å²) < 4.78 is 0. The molecule has 0 saturated carbocycles. The van der Waals surface area contributed by atoms with Crippen molar-refractivity contribution >= 4 is 22.4 Å². The lowest BCUT2D eigenvalue weighted by Gasteiger charge is -2.42. The van der Waals surface area contributed by atoms with Crippen LogP contribution in [0.3, 0.4) is 0 Å². The monoisotopic (exact) mass is 470 g/mol. The minimum atomic E-state index is -0.545. The number of nitrogens with one attached hydrogen (secondary N) is 2. The van der Waals surface area contributed by atoms with Gasteiger partial charge in [-0.15, -0.1) is 11.3 Å². The summed E-state index contributed by atoms with van der Waals surface area (Å²) in [4.78, 5) is 19.5. The van der Waals surface area contributed by atoms with Gasteiger partial charge in [-0.2, -0.15) is 0 Å². The number of aromatic nitrogens is 1. The van der Waals surface area contributed by atoms with E-state index in [1.807, 2.05) is 0 Å². The van der Waals surface area contributed by atoms with Gasteiger partial charge in [-0.3, -0.25) is 4.79 Å². The van der Waals surface area contributed by atoms with Crippen LogP contribution in [0, 0.1) is 0 Å². The van der Waals surface area contributed by atoms with Crippen LogP contribution in [0.4, 0.5) is 5.13 Å². The van der Waals surface area contributed by atoms with Gasteiger partial charge in [0.05, 0.1) is 12.3 Å². The molecule has 1 amide bonds. The molecule has 2 heterocycles. The Kier molecular flexibility index (Phi) is 6.85. The number of amides is 1. The SMILES string of the molecule is CNC(CO)C(=O)NC1CCN(c2nc(-c3ccc4c(c3)C(C)(C)CCC4(C)C)cs2)CC1. The van der Waals surface area contributed by atoms with Crippen molar-refractivity contribution in [2.45, 2.75) is 76.3 Å². The molecule has 2 aromatic rings. The first kappa shape index (κ1) is 24.2. The number of aliphatic hydroxyl groups is 1. The summed E-state index contributed by atoms with van der Waals surface area (Å²) in [7, 11) is 1.69. The van der Waals surface area contributed by atoms with Crippen LogP contribution in [-0.4, -0.2) is 54.8 Å². The topological polar surface area (TPSA) is 77.5 Å². The highest BCUT2D eigenvalue weighted by Crippen LogP contribution is 2.47. The van der Waals surface area contributed by atoms with Crippen LogP contribution in [0.2, 0.25) is 0 Å². The van der Waals surface area contributed by atoms with E-state index in [0.717, 1.165) is 36.8 Å². The highest BCUT2D eigenvalue weighted by molar-refractivity contribution is 7.14. The van der Waals surface area contributed by atoms with Crippen molar-refractivity contribution in [1.29, 1.82) is 0 Å². The van der Waals surface area contributed by atoms with E-state index in [-0.39, 0.29) is 29.4 Å². The molecule has 0 spiro atoms. The fraction of sp³-hybridized carbons (Fsp3) is 0.615. The predicted octanol–water partition coefficient (Wildman–Crippen LogP) is 3.82. The maximum absolute atomic E-state index is 12.2. The number of thiazole rings is 1. The van der Waals surface area contributed by atoms with Crippen molar-refractivity contribution in [3.63, 3.8) is 0 Å². The van der Waals surface area contributed by atoms with Gasteiger partial charge in [0.1, 0.15) is 6.04 Å². The molecule has 33 heavy (non-hydrogen) atoms. The first-order valence-electron chi connectivity index (χ1n) is 12.1. The molecule has 1 fully saturated rings. The largest absolute Gasteiger partial charge is 0.394 e. The van der Waals surface area contributed by atoms with Crippen molar-refractivity contribution in [2.75, 3.05) is 31.6 Å². The number of benzene rings is 1. The fourth-order valence-corrected chi connectivity index (χ4v) is 6.00. The highest BCUT2D eigenvalue weighted by atomic mass is 32.1. The molecule has 0 bridgehead atoms. The molecule has 2 aliphatic rings. The second kappa shape index (κ2) is 9.35. The summed E-state index contributed by atoms with van der Waals surface area (Å²) in [6.45, 7) is 11.0. The lowest BCUT2D eigenvalue weighted by molar-refractivity contribution is -0.124. The fourth-order valence-electron chi connectivity index (χ4n) is 5.11. The van der Waals surface area contributed by atoms with Crippen molar-refractivity contribution in [1.82, 2.24) is 15.6 Å². The molecule has 3 N–H and O–H groups in total. The Bertz CT molecular complexity index is 988. The number of hydrogen-bond donors (Lipinski definition) is 3. The van der Waals surface area contributed by atoms with Gasteiger partial charge in [0.25, 0.3) is 0 Å². The summed E-state index contributed by atoms with van der Waals surface area (Å²) in [5, 5.41) is 18.4. The molecule has 1 saturated heterocycles. The van der Waals surface area contributed by atoms with Gasteiger partial charge in [0.15, 0.2) is 5.13 Å². The zero-order chi connectivity index (χ0) is 23.8. The Hall–Kier alpha value is -1.96. The number of piperidine rings is 1. The van der Waals surface area contributed by atoms with Gasteiger partial charge in [0, 0.05) is 30.1 Å². The van der Waals surface area contributed by atoms with Gasteiger partial charge in [-0.05, 0) is 60.8 Å². The average molecular weight is 471 g/mol. The normalized spacial score (nSPS) is 20.8. The average Bonchev–Trinajstić information content (AvgIpc) is 3.28. The molecule has 6 nitrogen and oxygen atoms in total. The summed E-state index contributed by atoms with van der Waals surface area (Å²) >= 11 is 1.70. The molecule has 1 aliphatic heterocycles. The number of carbonyl (C=O) groups is 1. The molecule has 0 radical (unpaired) electrons. The van der Waals surface area contributed by atoms with E-state index >= 15 is 0 Å². The Balaban J connectivity index is 1.44. The maximum Gasteiger partial charge on any atom is 0.239 e. The Morgan fingerprint density at radius 2 is 1.85 bits per heavy atom. The van der Waals surface area contributed by atoms with E-state index in [0.29, 0.717) is 0 Å². The molecule has 1 atom stereocenters. The standard InChI is InChI=1S/C26H38N4O2S/c1-25(2)10-11-26(3,4)20-14-17(6-7-19(20)25)22-16-33-24(29-22)30-12-8-18(9-13-30)28-23(32)21(15-31)27-5/h6-7,14,16,18,21,27,31H,8-13,15H2,1-5H3,(H,28,32). The second-order valence-electron chi connectivity index (χ2n) is 10.8. The van der Waals surface area contributed by atoms with Gasteiger partial charge < -0.3 is 20.6 Å². The van der Waals surface area contributed by atoms with E-state index in [2.05, 4.69) is 66.8 Å². The number of nitrogens with zero attached hydrogens (tertiary/aromatic N) is 2. The maximum atomic E-state index is 12.2. The summed E-state index contributed by atoms with van der Waals surface area (Å²) in [5.41, 5.74) is 5.60. The Morgan fingerprint density at radius 1 is 1.18 bits per heavy atom. The van der Waals surface area contributed by atoms with Crippen LogP contribution in [0.15, 0.2) is 23.6 Å². The van der Waals surface area contributed by atoms with E-state index in [4.69, 9.17) is 4.98 Å². The van der Waals surface area contributed by atoms with Crippen LogP contribution in [-0.2, 0) is 15.6 Å². The summed E-state index contributed by atoms with van der Waals surface area (Å²) in [6.07, 6.45) is 4.19. The molecule has 7 heteroatoms. The van der Waals surface area contributed by atoms with Crippen LogP contribution in [0.5, 0.6) is 0 Å². The first-order chi connectivity index (χ1) is 15.6. The van der Waals surface area contributed by atoms with Crippen LogP contribution >= 0.6 is 11.3 Å². The van der Waals surface area contributed by atoms with Crippen LogP contribution in [0.1, 0.15) is 64.5 Å². The highest BCUT2D eigenvalue weighted by Gasteiger charge is 2.37. The van der Waals surface area contributed by atoms with E-state index in [1.54, 1.807) is 18.4 Å².